The van der Waals surface area contributed by atoms with Crippen LogP contribution in [0.2, 0.25) is 15.2 Å². The van der Waals surface area contributed by atoms with E-state index in [0.29, 0.717) is 52.1 Å². The minimum atomic E-state index is -0.436. The fourth-order valence-corrected chi connectivity index (χ4v) is 5.58. The van der Waals surface area contributed by atoms with Crippen molar-refractivity contribution in [1.82, 2.24) is 29.7 Å². The number of fused-ring (bicyclic) bond motifs is 1. The van der Waals surface area contributed by atoms with Gasteiger partial charge in [-0.2, -0.15) is 4.98 Å². The summed E-state index contributed by atoms with van der Waals surface area (Å²) in [4.78, 5) is 43.5. The second kappa shape index (κ2) is 12.8. The Kier molecular flexibility index (Phi) is 8.65. The monoisotopic (exact) mass is 656 g/mol. The van der Waals surface area contributed by atoms with Gasteiger partial charge in [0.1, 0.15) is 17.3 Å². The summed E-state index contributed by atoms with van der Waals surface area (Å²) in [6.07, 6.45) is 4.98. The number of hydrogen-bond donors (Lipinski definition) is 2. The lowest BCUT2D eigenvalue weighted by Gasteiger charge is -2.42. The zero-order valence-corrected chi connectivity index (χ0v) is 25.7. The number of aromatic nitrogens is 4. The van der Waals surface area contributed by atoms with Crippen LogP contribution >= 0.6 is 34.8 Å². The highest BCUT2D eigenvalue weighted by molar-refractivity contribution is 6.42. The van der Waals surface area contributed by atoms with Crippen LogP contribution in [0.3, 0.4) is 0 Å². The van der Waals surface area contributed by atoms with Gasteiger partial charge in [-0.05, 0) is 42.8 Å². The van der Waals surface area contributed by atoms with Crippen molar-refractivity contribution < 1.29 is 19.1 Å². The van der Waals surface area contributed by atoms with Gasteiger partial charge in [-0.1, -0.05) is 40.9 Å². The molecule has 2 aliphatic heterocycles. The number of rotatable bonds is 7. The van der Waals surface area contributed by atoms with Crippen molar-refractivity contribution in [2.75, 3.05) is 36.6 Å². The molecule has 4 aromatic rings. The van der Waals surface area contributed by atoms with Crippen molar-refractivity contribution in [1.29, 1.82) is 0 Å². The average Bonchev–Trinajstić information content (AvgIpc) is 3.71. The molecule has 0 bridgehead atoms. The number of nitrogens with zero attached hydrogens (tertiary/aromatic N) is 6. The van der Waals surface area contributed by atoms with E-state index in [1.54, 1.807) is 52.5 Å². The normalized spacial score (nSPS) is 16.5. The van der Waals surface area contributed by atoms with E-state index in [1.807, 2.05) is 30.0 Å². The van der Waals surface area contributed by atoms with Gasteiger partial charge in [-0.15, -0.1) is 0 Å². The number of piperazine rings is 1. The van der Waals surface area contributed by atoms with E-state index in [9.17, 15) is 9.59 Å². The number of carbonyl (C=O) groups excluding carboxylic acids is 2. The Morgan fingerprint density at radius 2 is 1.86 bits per heavy atom. The third-order valence-corrected chi connectivity index (χ3v) is 8.27. The smallest absolute Gasteiger partial charge is 0.321 e. The van der Waals surface area contributed by atoms with E-state index in [1.165, 1.54) is 0 Å². The predicted molar refractivity (Wildman–Crippen MR) is 166 cm³/mol. The number of carbonyl (C=O) groups is 2. The lowest BCUT2D eigenvalue weighted by molar-refractivity contribution is -0.122. The minimum absolute atomic E-state index is 0.0769. The predicted octanol–water partition coefficient (Wildman–Crippen LogP) is 5.34. The van der Waals surface area contributed by atoms with Crippen LogP contribution in [0.5, 0.6) is 11.5 Å². The summed E-state index contributed by atoms with van der Waals surface area (Å²) in [5.41, 5.74) is 1.38. The van der Waals surface area contributed by atoms with Gasteiger partial charge in [-0.25, -0.2) is 14.8 Å². The molecule has 2 N–H and O–H groups in total. The Bertz CT molecular complexity index is 1690. The van der Waals surface area contributed by atoms with E-state index < -0.39 is 6.04 Å². The van der Waals surface area contributed by atoms with Crippen molar-refractivity contribution in [2.24, 2.45) is 0 Å². The van der Waals surface area contributed by atoms with Crippen molar-refractivity contribution in [3.8, 4) is 17.4 Å². The van der Waals surface area contributed by atoms with Crippen LogP contribution in [0.15, 0.2) is 61.2 Å². The van der Waals surface area contributed by atoms with Crippen LogP contribution in [-0.2, 0) is 4.79 Å². The molecule has 3 amide bonds. The first kappa shape index (κ1) is 29.8. The van der Waals surface area contributed by atoms with E-state index in [2.05, 4.69) is 20.6 Å². The van der Waals surface area contributed by atoms with E-state index in [-0.39, 0.29) is 42.9 Å². The van der Waals surface area contributed by atoms with E-state index >= 15 is 0 Å². The summed E-state index contributed by atoms with van der Waals surface area (Å²) < 4.78 is 12.5. The van der Waals surface area contributed by atoms with Crippen molar-refractivity contribution in [2.45, 2.75) is 25.4 Å². The van der Waals surface area contributed by atoms with Crippen molar-refractivity contribution in [3.63, 3.8) is 0 Å². The number of ether oxygens (including phenoxy) is 2. The quantitative estimate of drug-likeness (QED) is 0.255. The number of benzene rings is 2. The molecule has 2 aromatic carbocycles. The Balaban J connectivity index is 1.21. The number of halogens is 3. The van der Waals surface area contributed by atoms with Crippen LogP contribution in [0.4, 0.5) is 16.3 Å². The summed E-state index contributed by atoms with van der Waals surface area (Å²) >= 11 is 18.6. The highest BCUT2D eigenvalue weighted by Gasteiger charge is 2.33. The van der Waals surface area contributed by atoms with Gasteiger partial charge in [0.05, 0.1) is 22.1 Å². The van der Waals surface area contributed by atoms with Crippen molar-refractivity contribution >= 4 is 58.2 Å². The standard InChI is InChI=1S/C29H27Cl3N8O4/c1-17(18-2-5-23-24(10-18)44-16-43-23)34-27(41)12-20-14-38(29(42)35-19-3-4-21(30)22(31)11-19)8-9-40(20)26-13-25(32)36-28(37-26)39-7-6-33-15-39/h2-7,10-11,13,15,17,20H,8-9,12,14,16H2,1H3,(H,34,41)(H,35,42). The Morgan fingerprint density at radius 1 is 1.02 bits per heavy atom. The maximum absolute atomic E-state index is 13.5. The first-order valence-electron chi connectivity index (χ1n) is 13.7. The molecule has 0 saturated carbocycles. The average molecular weight is 658 g/mol. The van der Waals surface area contributed by atoms with Crippen LogP contribution in [0.25, 0.3) is 5.95 Å². The Morgan fingerprint density at radius 3 is 2.66 bits per heavy atom. The molecule has 2 atom stereocenters. The maximum Gasteiger partial charge on any atom is 0.321 e. The molecule has 0 spiro atoms. The van der Waals surface area contributed by atoms with Crippen LogP contribution in [0.1, 0.15) is 24.9 Å². The molecule has 6 rings (SSSR count). The number of urea groups is 1. The summed E-state index contributed by atoms with van der Waals surface area (Å²) in [5.74, 6) is 1.97. The molecule has 0 aliphatic carbocycles. The number of nitrogens with one attached hydrogen (secondary N) is 2. The van der Waals surface area contributed by atoms with Gasteiger partial charge >= 0.3 is 6.03 Å². The summed E-state index contributed by atoms with van der Waals surface area (Å²) in [5, 5.41) is 6.88. The molecule has 2 aliphatic rings. The topological polar surface area (TPSA) is 127 Å². The third kappa shape index (κ3) is 6.62. The summed E-state index contributed by atoms with van der Waals surface area (Å²) in [6.45, 7) is 3.05. The molecule has 1 saturated heterocycles. The van der Waals surface area contributed by atoms with Crippen LogP contribution < -0.4 is 25.0 Å². The summed E-state index contributed by atoms with van der Waals surface area (Å²) in [7, 11) is 0. The molecule has 1 fully saturated rings. The molecule has 228 valence electrons. The third-order valence-electron chi connectivity index (χ3n) is 7.34. The molecule has 44 heavy (non-hydrogen) atoms. The molecular weight excluding hydrogens is 631 g/mol. The largest absolute Gasteiger partial charge is 0.454 e. The highest BCUT2D eigenvalue weighted by Crippen LogP contribution is 2.34. The molecular formula is C29H27Cl3N8O4. The highest BCUT2D eigenvalue weighted by atomic mass is 35.5. The van der Waals surface area contributed by atoms with Gasteiger partial charge in [0.2, 0.25) is 18.6 Å². The number of anilines is 2. The van der Waals surface area contributed by atoms with E-state index in [4.69, 9.17) is 49.3 Å². The van der Waals surface area contributed by atoms with Gasteiger partial charge in [-0.3, -0.25) is 9.36 Å². The second-order valence-corrected chi connectivity index (χ2v) is 11.5. The number of imidazole rings is 1. The first-order chi connectivity index (χ1) is 21.2. The molecule has 15 heteroatoms. The van der Waals surface area contributed by atoms with Gasteiger partial charge in [0.15, 0.2) is 11.5 Å². The second-order valence-electron chi connectivity index (χ2n) is 10.3. The molecule has 4 heterocycles. The van der Waals surface area contributed by atoms with Crippen molar-refractivity contribution in [3.05, 3.63) is 81.9 Å². The lowest BCUT2D eigenvalue weighted by atomic mass is 10.1. The Labute approximate surface area is 267 Å². The molecule has 2 aromatic heterocycles. The fraction of sp³-hybridized carbons (Fsp3) is 0.276. The van der Waals surface area contributed by atoms with Gasteiger partial charge in [0.25, 0.3) is 0 Å². The van der Waals surface area contributed by atoms with Crippen LogP contribution in [-0.4, -0.2) is 68.8 Å². The molecule has 0 radical (unpaired) electrons. The zero-order chi connectivity index (χ0) is 30.8. The van der Waals surface area contributed by atoms with Gasteiger partial charge in [0, 0.05) is 50.2 Å². The number of amides is 3. The van der Waals surface area contributed by atoms with E-state index in [0.717, 1.165) is 5.56 Å². The van der Waals surface area contributed by atoms with Gasteiger partial charge < -0.3 is 29.9 Å². The Hall–Kier alpha value is -4.26. The SMILES string of the molecule is CC(NC(=O)CC1CN(C(=O)Nc2ccc(Cl)c(Cl)c2)CCN1c1cc(Cl)nc(-n2ccnc2)n1)c1ccc2c(c1)OCO2. The summed E-state index contributed by atoms with van der Waals surface area (Å²) in [6, 6.07) is 11.0. The van der Waals surface area contributed by atoms with Crippen LogP contribution in [0, 0.1) is 0 Å². The zero-order valence-electron chi connectivity index (χ0n) is 23.4. The first-order valence-corrected chi connectivity index (χ1v) is 14.9. The lowest BCUT2D eigenvalue weighted by Crippen LogP contribution is -2.57. The molecule has 2 unspecified atom stereocenters. The fourth-order valence-electron chi connectivity index (χ4n) is 5.11. The minimum Gasteiger partial charge on any atom is -0.454 e. The number of hydrogen-bond acceptors (Lipinski definition) is 8. The maximum atomic E-state index is 13.5. The molecule has 12 nitrogen and oxygen atoms in total.